The molecule has 8 heteroatoms. The van der Waals surface area contributed by atoms with Gasteiger partial charge in [0, 0.05) is 48.3 Å². The minimum atomic E-state index is -0.265. The van der Waals surface area contributed by atoms with Gasteiger partial charge in [-0.15, -0.1) is 0 Å². The normalized spacial score (nSPS) is 31.1. The van der Waals surface area contributed by atoms with Crippen molar-refractivity contribution in [3.63, 3.8) is 0 Å². The summed E-state index contributed by atoms with van der Waals surface area (Å²) in [6, 6.07) is 14.0. The molecule has 2 unspecified atom stereocenters. The first-order valence-corrected chi connectivity index (χ1v) is 13.1. The van der Waals surface area contributed by atoms with Crippen LogP contribution in [0.15, 0.2) is 65.4 Å². The number of allylic oxidation sites excluding steroid dienone is 2. The number of aldehydes is 1. The first kappa shape index (κ1) is 24.9. The summed E-state index contributed by atoms with van der Waals surface area (Å²) in [7, 11) is 1.72. The van der Waals surface area contributed by atoms with Gasteiger partial charge in [-0.3, -0.25) is 14.4 Å². The molecule has 4 atom stereocenters. The van der Waals surface area contributed by atoms with Crippen LogP contribution in [0.4, 0.5) is 11.4 Å². The van der Waals surface area contributed by atoms with Gasteiger partial charge in [-0.1, -0.05) is 24.3 Å². The molecule has 1 amide bonds. The second kappa shape index (κ2) is 8.55. The molecule has 7 rings (SSSR count). The fourth-order valence-electron chi connectivity index (χ4n) is 7.95. The standard InChI is InChI=1S/C30H29N3O4.ClH/c1-3-18-14-33(15-25(35)19-8-9-26-24(12-19)32(2)28(36)17-37-26)11-10-30-22-6-4-5-7-23(22)31-29(30)21(16-34)20(18)13-27(30)33;/h3-9,12,16,20,27H,10-11,13-15,17H2,1-2H3;1H/b18-3-;/t20-,27?,30+,33?;/m0./s1. The Labute approximate surface area is 228 Å². The van der Waals surface area contributed by atoms with Crippen molar-refractivity contribution >= 4 is 29.4 Å². The molecule has 2 aromatic carbocycles. The van der Waals surface area contributed by atoms with Gasteiger partial charge in [0.1, 0.15) is 31.2 Å². The van der Waals surface area contributed by atoms with Crippen LogP contribution in [-0.4, -0.2) is 61.8 Å². The van der Waals surface area contributed by atoms with Crippen LogP contribution in [0, 0.1) is 5.92 Å². The zero-order chi connectivity index (χ0) is 25.5. The molecule has 4 aliphatic heterocycles. The maximum atomic E-state index is 13.9. The highest BCUT2D eigenvalue weighted by Gasteiger charge is 2.68. The molecule has 2 fully saturated rings. The molecule has 2 bridgehead atoms. The number of fused-ring (bicyclic) bond motifs is 3. The van der Waals surface area contributed by atoms with Crippen molar-refractivity contribution in [3.05, 3.63) is 76.5 Å². The van der Waals surface area contributed by atoms with Gasteiger partial charge in [-0.05, 0) is 42.3 Å². The Kier molecular flexibility index (Phi) is 5.60. The van der Waals surface area contributed by atoms with Gasteiger partial charge in [-0.2, -0.15) is 0 Å². The van der Waals surface area contributed by atoms with Crippen LogP contribution in [0.2, 0.25) is 0 Å². The number of carbonyl (C=O) groups is 3. The minimum Gasteiger partial charge on any atom is -1.00 e. The van der Waals surface area contributed by atoms with Crippen LogP contribution in [0.3, 0.4) is 0 Å². The van der Waals surface area contributed by atoms with Crippen molar-refractivity contribution in [1.29, 1.82) is 0 Å². The number of ketones is 1. The van der Waals surface area contributed by atoms with Crippen LogP contribution in [0.25, 0.3) is 0 Å². The fraction of sp³-hybridized carbons (Fsp3) is 0.367. The van der Waals surface area contributed by atoms with Gasteiger partial charge in [0.15, 0.2) is 6.61 Å². The summed E-state index contributed by atoms with van der Waals surface area (Å²) in [6.45, 7) is 4.10. The monoisotopic (exact) mass is 531 g/mol. The van der Waals surface area contributed by atoms with E-state index in [1.807, 2.05) is 19.1 Å². The van der Waals surface area contributed by atoms with E-state index in [-0.39, 0.29) is 48.1 Å². The number of anilines is 2. The van der Waals surface area contributed by atoms with Crippen molar-refractivity contribution in [2.45, 2.75) is 31.2 Å². The molecule has 1 spiro atoms. The van der Waals surface area contributed by atoms with Gasteiger partial charge < -0.3 is 31.8 Å². The predicted octanol–water partition coefficient (Wildman–Crippen LogP) is 0.614. The van der Waals surface area contributed by atoms with Crippen LogP contribution >= 0.6 is 0 Å². The fourth-order valence-corrected chi connectivity index (χ4v) is 7.95. The zero-order valence-electron chi connectivity index (χ0n) is 21.5. The van der Waals surface area contributed by atoms with Crippen molar-refractivity contribution in [3.8, 4) is 5.75 Å². The maximum absolute atomic E-state index is 13.9. The topological polar surface area (TPSA) is 75.7 Å². The number of para-hydroxylation sites is 1. The smallest absolute Gasteiger partial charge is 0.264 e. The molecular weight excluding hydrogens is 502 g/mol. The lowest BCUT2D eigenvalue weighted by molar-refractivity contribution is -0.934. The van der Waals surface area contributed by atoms with Crippen LogP contribution in [0.5, 0.6) is 5.75 Å². The van der Waals surface area contributed by atoms with Crippen molar-refractivity contribution in [2.24, 2.45) is 5.92 Å². The van der Waals surface area contributed by atoms with Gasteiger partial charge in [0.2, 0.25) is 5.78 Å². The molecule has 38 heavy (non-hydrogen) atoms. The third kappa shape index (κ3) is 3.09. The molecule has 7 nitrogen and oxygen atoms in total. The average molecular weight is 532 g/mol. The zero-order valence-corrected chi connectivity index (χ0v) is 22.3. The summed E-state index contributed by atoms with van der Waals surface area (Å²) < 4.78 is 6.26. The summed E-state index contributed by atoms with van der Waals surface area (Å²) >= 11 is 0. The average Bonchev–Trinajstić information content (AvgIpc) is 3.44. The lowest BCUT2D eigenvalue weighted by atomic mass is 9.61. The summed E-state index contributed by atoms with van der Waals surface area (Å²) in [5.74, 6) is 0.670. The molecule has 2 aromatic rings. The number of Topliss-reactive ketones (excluding diaryl/α,β-unsaturated/α-hetero) is 1. The van der Waals surface area contributed by atoms with Gasteiger partial charge in [-0.25, -0.2) is 0 Å². The van der Waals surface area contributed by atoms with E-state index in [1.54, 1.807) is 24.1 Å². The number of hydrogen-bond acceptors (Lipinski definition) is 5. The van der Waals surface area contributed by atoms with Gasteiger partial charge in [0.05, 0.1) is 17.6 Å². The number of halogens is 1. The lowest BCUT2D eigenvalue weighted by Crippen LogP contribution is -3.00. The van der Waals surface area contributed by atoms with E-state index in [1.165, 1.54) is 11.1 Å². The Bertz CT molecular complexity index is 1470. The summed E-state index contributed by atoms with van der Waals surface area (Å²) in [4.78, 5) is 40.1. The lowest BCUT2D eigenvalue weighted by Gasteiger charge is -2.53. The Morgan fingerprint density at radius 1 is 1.26 bits per heavy atom. The SMILES string of the molecule is C/C=C1/C[N+]2(CC(=O)c3ccc4c(c3)N(C)C(=O)CO4)CC[C@]34C(=C(C=O)[C@H]1CC32)Nc1ccccc14.[Cl-]. The number of rotatable bonds is 4. The van der Waals surface area contributed by atoms with Gasteiger partial charge >= 0.3 is 0 Å². The summed E-state index contributed by atoms with van der Waals surface area (Å²) in [5.41, 5.74) is 6.51. The molecule has 1 N–H and O–H groups in total. The molecule has 0 saturated carbocycles. The van der Waals surface area contributed by atoms with Crippen molar-refractivity contribution < 1.29 is 36.0 Å². The number of quaternary nitrogens is 1. The minimum absolute atomic E-state index is 0. The first-order valence-electron chi connectivity index (χ1n) is 13.1. The van der Waals surface area contributed by atoms with Crippen molar-refractivity contribution in [1.82, 2.24) is 0 Å². The molecule has 2 saturated heterocycles. The molecule has 0 radical (unpaired) electrons. The predicted molar refractivity (Wildman–Crippen MR) is 140 cm³/mol. The van der Waals surface area contributed by atoms with E-state index < -0.39 is 0 Å². The number of hydrogen-bond donors (Lipinski definition) is 1. The number of nitrogens with one attached hydrogen (secondary N) is 1. The Hall–Kier alpha value is -3.42. The number of likely N-dealkylation sites (N-methyl/N-ethyl adjacent to an activating group) is 1. The molecule has 4 heterocycles. The number of amides is 1. The number of carbonyl (C=O) groups excluding carboxylic acids is 3. The van der Waals surface area contributed by atoms with Crippen LogP contribution < -0.4 is 27.4 Å². The molecular formula is C30H30ClN3O4. The summed E-state index contributed by atoms with van der Waals surface area (Å²) in [5, 5.41) is 3.65. The molecule has 0 aromatic heterocycles. The molecule has 5 aliphatic rings. The highest BCUT2D eigenvalue weighted by molar-refractivity contribution is 6.02. The van der Waals surface area contributed by atoms with Crippen molar-refractivity contribution in [2.75, 3.05) is 43.5 Å². The maximum Gasteiger partial charge on any atom is 0.264 e. The van der Waals surface area contributed by atoms with E-state index in [9.17, 15) is 14.4 Å². The number of piperidine rings is 1. The Morgan fingerprint density at radius 3 is 2.87 bits per heavy atom. The number of ether oxygens (including phenoxy) is 1. The highest BCUT2D eigenvalue weighted by atomic mass is 35.5. The van der Waals surface area contributed by atoms with Crippen LogP contribution in [-0.2, 0) is 15.0 Å². The Balaban J connectivity index is 0.00000264. The summed E-state index contributed by atoms with van der Waals surface area (Å²) in [6.07, 6.45) is 4.99. The van der Waals surface area contributed by atoms with E-state index in [4.69, 9.17) is 4.74 Å². The van der Waals surface area contributed by atoms with E-state index in [0.29, 0.717) is 28.0 Å². The van der Waals surface area contributed by atoms with Gasteiger partial charge in [0.25, 0.3) is 5.91 Å². The molecule has 1 aliphatic carbocycles. The third-order valence-corrected chi connectivity index (χ3v) is 9.69. The number of benzene rings is 2. The highest BCUT2D eigenvalue weighted by Crippen LogP contribution is 2.63. The van der Waals surface area contributed by atoms with Crippen LogP contribution in [0.1, 0.15) is 35.7 Å². The third-order valence-electron chi connectivity index (χ3n) is 9.69. The Morgan fingerprint density at radius 2 is 2.08 bits per heavy atom. The molecule has 196 valence electrons. The van der Waals surface area contributed by atoms with E-state index >= 15 is 0 Å². The second-order valence-electron chi connectivity index (χ2n) is 11.1. The van der Waals surface area contributed by atoms with E-state index in [2.05, 4.69) is 29.6 Å². The number of nitrogens with zero attached hydrogens (tertiary/aromatic N) is 2. The quantitative estimate of drug-likeness (QED) is 0.271. The largest absolute Gasteiger partial charge is 1.00 e. The second-order valence-corrected chi connectivity index (χ2v) is 11.1. The van der Waals surface area contributed by atoms with E-state index in [0.717, 1.165) is 49.2 Å². The first-order chi connectivity index (χ1) is 17.9.